The minimum atomic E-state index is -0.452. The molecule has 0 unspecified atom stereocenters. The lowest BCUT2D eigenvalue weighted by atomic mass is 9.98. The first-order chi connectivity index (χ1) is 14.3. The molecular weight excluding hydrogens is 372 g/mol. The lowest BCUT2D eigenvalue weighted by Gasteiger charge is -2.14. The number of hydrogen-bond donors (Lipinski definition) is 2. The summed E-state index contributed by atoms with van der Waals surface area (Å²) >= 11 is 0. The molecule has 1 aliphatic carbocycles. The third-order valence-corrected chi connectivity index (χ3v) is 4.71. The molecule has 154 valence electrons. The van der Waals surface area contributed by atoms with Crippen LogP contribution in [-0.2, 0) is 19.0 Å². The first-order valence-corrected chi connectivity index (χ1v) is 9.72. The Morgan fingerprint density at radius 1 is 0.862 bits per heavy atom. The molecular formula is C22H26N2O5. The minimum absolute atomic E-state index is 0.0512. The van der Waals surface area contributed by atoms with E-state index in [0.717, 1.165) is 0 Å². The molecule has 2 N–H and O–H groups in total. The number of fused-ring (bicyclic) bond motifs is 3. The van der Waals surface area contributed by atoms with Crippen LogP contribution >= 0.6 is 0 Å². The van der Waals surface area contributed by atoms with E-state index in [-0.39, 0.29) is 5.92 Å². The molecule has 7 heteroatoms. The summed E-state index contributed by atoms with van der Waals surface area (Å²) in [5, 5.41) is 5.20. The van der Waals surface area contributed by atoms with E-state index in [2.05, 4.69) is 34.9 Å². The average Bonchev–Trinajstić information content (AvgIpc) is 3.07. The number of ether oxygens (including phenoxy) is 3. The monoisotopic (exact) mass is 398 g/mol. The maximum absolute atomic E-state index is 12.0. The summed E-state index contributed by atoms with van der Waals surface area (Å²) in [4.78, 5) is 22.1. The number of rotatable bonds is 12. The molecule has 0 bridgehead atoms. The lowest BCUT2D eigenvalue weighted by Crippen LogP contribution is -2.29. The normalized spacial score (nSPS) is 12.1. The standard InChI is InChI=1S/C22H26N2O5/c25-16-23-9-11-27-13-14-28-12-10-24-22(26)29-15-21-19-7-3-1-5-17(19)18-6-2-4-8-20(18)21/h1-8,16,21H,9-15H2,(H,23,25)(H,24,26). The molecule has 0 atom stereocenters. The summed E-state index contributed by atoms with van der Waals surface area (Å²) < 4.78 is 16.1. The van der Waals surface area contributed by atoms with Gasteiger partial charge in [-0.1, -0.05) is 48.5 Å². The SMILES string of the molecule is O=CNCCOCCOCCNC(=O)OCC1c2ccccc2-c2ccccc21. The predicted octanol–water partition coefficient (Wildman–Crippen LogP) is 2.30. The minimum Gasteiger partial charge on any atom is -0.449 e. The van der Waals surface area contributed by atoms with Gasteiger partial charge < -0.3 is 24.8 Å². The van der Waals surface area contributed by atoms with Crippen LogP contribution in [-0.4, -0.2) is 58.6 Å². The largest absolute Gasteiger partial charge is 0.449 e. The van der Waals surface area contributed by atoms with E-state index in [4.69, 9.17) is 14.2 Å². The van der Waals surface area contributed by atoms with E-state index >= 15 is 0 Å². The summed E-state index contributed by atoms with van der Waals surface area (Å²) in [5.41, 5.74) is 4.78. The lowest BCUT2D eigenvalue weighted by molar-refractivity contribution is -0.109. The van der Waals surface area contributed by atoms with Crippen LogP contribution in [0.3, 0.4) is 0 Å². The zero-order valence-corrected chi connectivity index (χ0v) is 16.3. The second-order valence-corrected chi connectivity index (χ2v) is 6.55. The van der Waals surface area contributed by atoms with Gasteiger partial charge in [0.15, 0.2) is 0 Å². The summed E-state index contributed by atoms with van der Waals surface area (Å²) in [6.45, 7) is 2.82. The van der Waals surface area contributed by atoms with Crippen molar-refractivity contribution < 1.29 is 23.8 Å². The maximum Gasteiger partial charge on any atom is 0.407 e. The topological polar surface area (TPSA) is 85.9 Å². The van der Waals surface area contributed by atoms with Gasteiger partial charge in [-0.05, 0) is 22.3 Å². The Labute approximate surface area is 170 Å². The highest BCUT2D eigenvalue weighted by Crippen LogP contribution is 2.44. The van der Waals surface area contributed by atoms with Crippen LogP contribution in [0.5, 0.6) is 0 Å². The highest BCUT2D eigenvalue weighted by molar-refractivity contribution is 5.79. The molecule has 1 aliphatic rings. The number of amides is 2. The molecule has 2 aromatic rings. The van der Waals surface area contributed by atoms with Gasteiger partial charge >= 0.3 is 6.09 Å². The van der Waals surface area contributed by atoms with Gasteiger partial charge in [0.25, 0.3) is 0 Å². The van der Waals surface area contributed by atoms with Gasteiger partial charge in [-0.2, -0.15) is 0 Å². The Bertz CT molecular complexity index is 766. The Kier molecular flexibility index (Phi) is 8.03. The molecule has 0 saturated carbocycles. The van der Waals surface area contributed by atoms with Crippen LogP contribution in [0, 0.1) is 0 Å². The first kappa shape index (κ1) is 20.8. The van der Waals surface area contributed by atoms with E-state index in [9.17, 15) is 9.59 Å². The number of benzene rings is 2. The Hall–Kier alpha value is -2.90. The van der Waals surface area contributed by atoms with Crippen molar-refractivity contribution >= 4 is 12.5 Å². The van der Waals surface area contributed by atoms with Crippen LogP contribution in [0.15, 0.2) is 48.5 Å². The van der Waals surface area contributed by atoms with Crippen molar-refractivity contribution in [3.63, 3.8) is 0 Å². The third-order valence-electron chi connectivity index (χ3n) is 4.71. The van der Waals surface area contributed by atoms with Gasteiger partial charge in [0.1, 0.15) is 6.61 Å². The van der Waals surface area contributed by atoms with E-state index in [1.165, 1.54) is 22.3 Å². The van der Waals surface area contributed by atoms with Gasteiger partial charge in [0.2, 0.25) is 6.41 Å². The summed E-state index contributed by atoms with van der Waals surface area (Å²) in [7, 11) is 0. The van der Waals surface area contributed by atoms with Gasteiger partial charge in [-0.15, -0.1) is 0 Å². The summed E-state index contributed by atoms with van der Waals surface area (Å²) in [6, 6.07) is 16.5. The molecule has 3 rings (SSSR count). The van der Waals surface area contributed by atoms with Crippen LogP contribution < -0.4 is 10.6 Å². The van der Waals surface area contributed by atoms with Crippen LogP contribution in [0.1, 0.15) is 17.0 Å². The molecule has 0 fully saturated rings. The van der Waals surface area contributed by atoms with Gasteiger partial charge in [-0.25, -0.2) is 4.79 Å². The van der Waals surface area contributed by atoms with Crippen molar-refractivity contribution in [1.29, 1.82) is 0 Å². The van der Waals surface area contributed by atoms with E-state index in [1.54, 1.807) is 0 Å². The van der Waals surface area contributed by atoms with Crippen molar-refractivity contribution in [2.75, 3.05) is 46.1 Å². The fourth-order valence-corrected chi connectivity index (χ4v) is 3.39. The molecule has 0 aliphatic heterocycles. The number of hydrogen-bond acceptors (Lipinski definition) is 5. The van der Waals surface area contributed by atoms with Crippen molar-refractivity contribution in [3.05, 3.63) is 59.7 Å². The van der Waals surface area contributed by atoms with Gasteiger partial charge in [0, 0.05) is 19.0 Å². The quantitative estimate of drug-likeness (QED) is 0.423. The van der Waals surface area contributed by atoms with E-state index < -0.39 is 6.09 Å². The van der Waals surface area contributed by atoms with Crippen LogP contribution in [0.2, 0.25) is 0 Å². The Balaban J connectivity index is 1.34. The summed E-state index contributed by atoms with van der Waals surface area (Å²) in [5.74, 6) is 0.0512. The zero-order valence-electron chi connectivity index (χ0n) is 16.3. The van der Waals surface area contributed by atoms with Crippen LogP contribution in [0.4, 0.5) is 4.79 Å². The van der Waals surface area contributed by atoms with E-state index in [1.807, 2.05) is 24.3 Å². The number of carbonyl (C=O) groups is 2. The number of alkyl carbamates (subject to hydrolysis) is 1. The molecule has 2 amide bonds. The average molecular weight is 398 g/mol. The zero-order chi connectivity index (χ0) is 20.3. The predicted molar refractivity (Wildman–Crippen MR) is 109 cm³/mol. The highest BCUT2D eigenvalue weighted by atomic mass is 16.5. The Morgan fingerprint density at radius 3 is 2.07 bits per heavy atom. The van der Waals surface area contributed by atoms with Crippen LogP contribution in [0.25, 0.3) is 11.1 Å². The van der Waals surface area contributed by atoms with Crippen molar-refractivity contribution in [3.8, 4) is 11.1 Å². The number of carbonyl (C=O) groups excluding carboxylic acids is 2. The molecule has 0 saturated heterocycles. The first-order valence-electron chi connectivity index (χ1n) is 9.72. The molecule has 0 heterocycles. The fourth-order valence-electron chi connectivity index (χ4n) is 3.39. The van der Waals surface area contributed by atoms with E-state index in [0.29, 0.717) is 52.5 Å². The number of nitrogens with one attached hydrogen (secondary N) is 2. The fraction of sp³-hybridized carbons (Fsp3) is 0.364. The third kappa shape index (κ3) is 5.79. The van der Waals surface area contributed by atoms with Gasteiger partial charge in [-0.3, -0.25) is 4.79 Å². The van der Waals surface area contributed by atoms with Crippen molar-refractivity contribution in [2.45, 2.75) is 5.92 Å². The maximum atomic E-state index is 12.0. The summed E-state index contributed by atoms with van der Waals surface area (Å²) in [6.07, 6.45) is 0.182. The highest BCUT2D eigenvalue weighted by Gasteiger charge is 2.28. The second kappa shape index (κ2) is 11.2. The molecule has 7 nitrogen and oxygen atoms in total. The second-order valence-electron chi connectivity index (χ2n) is 6.55. The molecule has 29 heavy (non-hydrogen) atoms. The molecule has 0 aromatic heterocycles. The smallest absolute Gasteiger partial charge is 0.407 e. The molecule has 0 spiro atoms. The molecule has 2 aromatic carbocycles. The van der Waals surface area contributed by atoms with Crippen molar-refractivity contribution in [2.24, 2.45) is 0 Å². The van der Waals surface area contributed by atoms with Crippen molar-refractivity contribution in [1.82, 2.24) is 10.6 Å². The molecule has 0 radical (unpaired) electrons. The Morgan fingerprint density at radius 2 is 1.45 bits per heavy atom. The van der Waals surface area contributed by atoms with Gasteiger partial charge in [0.05, 0.1) is 26.4 Å².